The molecule has 3 aromatic rings. The largest absolute Gasteiger partial charge is 0.399 e. The third kappa shape index (κ3) is 4.97. The van der Waals surface area contributed by atoms with E-state index in [0.29, 0.717) is 23.8 Å². The zero-order valence-corrected chi connectivity index (χ0v) is 19.4. The maximum Gasteiger partial charge on any atom is 0.251 e. The number of hydrogen-bond donors (Lipinski definition) is 3. The lowest BCUT2D eigenvalue weighted by Crippen LogP contribution is -2.30. The molecular formula is C23H31ClN6O2. The predicted octanol–water partition coefficient (Wildman–Crippen LogP) is 3.54. The van der Waals surface area contributed by atoms with Crippen LogP contribution >= 0.6 is 12.4 Å². The molecular weight excluding hydrogens is 428 g/mol. The van der Waals surface area contributed by atoms with Crippen molar-refractivity contribution < 1.29 is 9.53 Å². The standard InChI is InChI=1S/C23H30N6O2.ClH/c1-3-20-18(13-25-23(30)15-5-7-16(24)8-6-15)21(27-17-9-11-31-12-10-17)19-14-26-29(4-2)22(19)28-20;/h5-8,14,17H,3-4,9-13,24H2,1-2H3,(H,25,30)(H,27,28);1H. The molecule has 3 heterocycles. The molecule has 1 saturated heterocycles. The summed E-state index contributed by atoms with van der Waals surface area (Å²) in [5.41, 5.74) is 10.8. The number of pyridine rings is 1. The number of rotatable bonds is 7. The number of fused-ring (bicyclic) bond motifs is 1. The van der Waals surface area contributed by atoms with Gasteiger partial charge in [-0.05, 0) is 50.5 Å². The monoisotopic (exact) mass is 458 g/mol. The number of benzene rings is 1. The molecule has 1 fully saturated rings. The Morgan fingerprint density at radius 2 is 1.94 bits per heavy atom. The number of anilines is 2. The molecule has 1 aliphatic rings. The summed E-state index contributed by atoms with van der Waals surface area (Å²) in [6.45, 7) is 6.80. The summed E-state index contributed by atoms with van der Waals surface area (Å²) < 4.78 is 7.44. The van der Waals surface area contributed by atoms with E-state index < -0.39 is 0 Å². The number of nitrogens with two attached hydrogens (primary N) is 1. The number of nitrogens with zero attached hydrogens (tertiary/aromatic N) is 3. The lowest BCUT2D eigenvalue weighted by molar-refractivity contribution is 0.0904. The van der Waals surface area contributed by atoms with E-state index in [9.17, 15) is 4.79 Å². The second-order valence-corrected chi connectivity index (χ2v) is 7.80. The molecule has 172 valence electrons. The molecule has 0 saturated carbocycles. The Morgan fingerprint density at radius 3 is 2.59 bits per heavy atom. The van der Waals surface area contributed by atoms with E-state index in [4.69, 9.17) is 15.5 Å². The number of nitrogen functional groups attached to an aromatic ring is 1. The van der Waals surface area contributed by atoms with Crippen LogP contribution < -0.4 is 16.4 Å². The van der Waals surface area contributed by atoms with Crippen LogP contribution in [0.25, 0.3) is 11.0 Å². The van der Waals surface area contributed by atoms with Crippen molar-refractivity contribution in [2.75, 3.05) is 24.3 Å². The molecule has 32 heavy (non-hydrogen) atoms. The summed E-state index contributed by atoms with van der Waals surface area (Å²) in [6, 6.07) is 7.26. The van der Waals surface area contributed by atoms with Crippen molar-refractivity contribution >= 4 is 40.7 Å². The van der Waals surface area contributed by atoms with Gasteiger partial charge in [-0.15, -0.1) is 12.4 Å². The number of carbonyl (C=O) groups excluding carboxylic acids is 1. The minimum atomic E-state index is -0.136. The average molecular weight is 459 g/mol. The van der Waals surface area contributed by atoms with Gasteiger partial charge in [0.05, 0.1) is 17.3 Å². The molecule has 0 radical (unpaired) electrons. The van der Waals surface area contributed by atoms with Gasteiger partial charge in [0, 0.05) is 54.9 Å². The molecule has 8 nitrogen and oxygen atoms in total. The van der Waals surface area contributed by atoms with Gasteiger partial charge in [-0.25, -0.2) is 9.67 Å². The Bertz CT molecular complexity index is 1060. The summed E-state index contributed by atoms with van der Waals surface area (Å²) in [5.74, 6) is -0.136. The fourth-order valence-electron chi connectivity index (χ4n) is 4.01. The molecule has 0 spiro atoms. The molecule has 9 heteroatoms. The molecule has 4 rings (SSSR count). The number of aryl methyl sites for hydroxylation is 2. The highest BCUT2D eigenvalue weighted by molar-refractivity contribution is 5.95. The molecule has 2 aromatic heterocycles. The maximum absolute atomic E-state index is 12.7. The highest BCUT2D eigenvalue weighted by atomic mass is 35.5. The number of halogens is 1. The Morgan fingerprint density at radius 1 is 1.22 bits per heavy atom. The van der Waals surface area contributed by atoms with Crippen LogP contribution in [0.2, 0.25) is 0 Å². The van der Waals surface area contributed by atoms with Crippen molar-refractivity contribution in [3.63, 3.8) is 0 Å². The third-order valence-corrected chi connectivity index (χ3v) is 5.77. The van der Waals surface area contributed by atoms with Gasteiger partial charge in [0.25, 0.3) is 5.91 Å². The highest BCUT2D eigenvalue weighted by Crippen LogP contribution is 2.31. The molecule has 1 aliphatic heterocycles. The Hall–Kier alpha value is -2.84. The van der Waals surface area contributed by atoms with E-state index in [2.05, 4.69) is 29.6 Å². The first kappa shape index (κ1) is 23.8. The first-order chi connectivity index (χ1) is 15.1. The molecule has 4 N–H and O–H groups in total. The van der Waals surface area contributed by atoms with E-state index >= 15 is 0 Å². The Kier molecular flexibility index (Phi) is 7.93. The van der Waals surface area contributed by atoms with Gasteiger partial charge in [-0.3, -0.25) is 4.79 Å². The molecule has 1 amide bonds. The molecule has 0 unspecified atom stereocenters. The van der Waals surface area contributed by atoms with Gasteiger partial charge in [-0.1, -0.05) is 6.92 Å². The van der Waals surface area contributed by atoms with Gasteiger partial charge in [-0.2, -0.15) is 5.10 Å². The van der Waals surface area contributed by atoms with Crippen molar-refractivity contribution in [1.82, 2.24) is 20.1 Å². The number of aromatic nitrogens is 3. The quantitative estimate of drug-likeness (QED) is 0.467. The van der Waals surface area contributed by atoms with Crippen molar-refractivity contribution in [2.45, 2.75) is 52.2 Å². The topological polar surface area (TPSA) is 107 Å². The van der Waals surface area contributed by atoms with Crippen LogP contribution in [-0.4, -0.2) is 39.9 Å². The van der Waals surface area contributed by atoms with Gasteiger partial charge < -0.3 is 21.1 Å². The number of carbonyl (C=O) groups is 1. The number of hydrogen-bond acceptors (Lipinski definition) is 6. The summed E-state index contributed by atoms with van der Waals surface area (Å²) in [5, 5.41) is 12.3. The van der Waals surface area contributed by atoms with Gasteiger partial charge in [0.1, 0.15) is 0 Å². The zero-order chi connectivity index (χ0) is 21.8. The van der Waals surface area contributed by atoms with Crippen LogP contribution in [-0.2, 0) is 24.2 Å². The number of ether oxygens (including phenoxy) is 1. The van der Waals surface area contributed by atoms with Crippen molar-refractivity contribution in [1.29, 1.82) is 0 Å². The lowest BCUT2D eigenvalue weighted by Gasteiger charge is -2.26. The van der Waals surface area contributed by atoms with Gasteiger partial charge >= 0.3 is 0 Å². The summed E-state index contributed by atoms with van der Waals surface area (Å²) >= 11 is 0. The van der Waals surface area contributed by atoms with E-state index in [1.54, 1.807) is 24.3 Å². The SMILES string of the molecule is CCc1nc2c(cnn2CC)c(NC2CCOCC2)c1CNC(=O)c1ccc(N)cc1.Cl. The average Bonchev–Trinajstić information content (AvgIpc) is 3.22. The second kappa shape index (κ2) is 10.7. The minimum Gasteiger partial charge on any atom is -0.399 e. The molecule has 0 atom stereocenters. The molecule has 0 bridgehead atoms. The van der Waals surface area contributed by atoms with Gasteiger partial charge in [0.2, 0.25) is 0 Å². The smallest absolute Gasteiger partial charge is 0.251 e. The fourth-order valence-corrected chi connectivity index (χ4v) is 4.01. The minimum absolute atomic E-state index is 0. The second-order valence-electron chi connectivity index (χ2n) is 7.80. The van der Waals surface area contributed by atoms with E-state index in [-0.39, 0.29) is 18.3 Å². The van der Waals surface area contributed by atoms with Crippen LogP contribution in [0.3, 0.4) is 0 Å². The summed E-state index contributed by atoms with van der Waals surface area (Å²) in [6.07, 6.45) is 4.54. The van der Waals surface area contributed by atoms with E-state index in [1.165, 1.54) is 0 Å². The first-order valence-corrected chi connectivity index (χ1v) is 11.0. The van der Waals surface area contributed by atoms with Crippen molar-refractivity contribution in [3.8, 4) is 0 Å². The first-order valence-electron chi connectivity index (χ1n) is 11.0. The fraction of sp³-hybridized carbons (Fsp3) is 0.435. The highest BCUT2D eigenvalue weighted by Gasteiger charge is 2.22. The number of nitrogens with one attached hydrogen (secondary N) is 2. The van der Waals surface area contributed by atoms with Crippen LogP contribution in [0.4, 0.5) is 11.4 Å². The molecule has 1 aromatic carbocycles. The Labute approximate surface area is 194 Å². The van der Waals surface area contributed by atoms with Crippen LogP contribution in [0, 0.1) is 0 Å². The van der Waals surface area contributed by atoms with Crippen molar-refractivity contribution in [3.05, 3.63) is 47.3 Å². The lowest BCUT2D eigenvalue weighted by atomic mass is 10.0. The maximum atomic E-state index is 12.7. The van der Waals surface area contributed by atoms with E-state index in [0.717, 1.165) is 67.0 Å². The number of amides is 1. The normalized spacial score (nSPS) is 14.2. The predicted molar refractivity (Wildman–Crippen MR) is 129 cm³/mol. The van der Waals surface area contributed by atoms with Crippen LogP contribution in [0.1, 0.15) is 48.3 Å². The van der Waals surface area contributed by atoms with Crippen LogP contribution in [0.15, 0.2) is 30.5 Å². The van der Waals surface area contributed by atoms with Gasteiger partial charge in [0.15, 0.2) is 5.65 Å². The summed E-state index contributed by atoms with van der Waals surface area (Å²) in [4.78, 5) is 17.6. The molecule has 0 aliphatic carbocycles. The zero-order valence-electron chi connectivity index (χ0n) is 18.6. The third-order valence-electron chi connectivity index (χ3n) is 5.77. The summed E-state index contributed by atoms with van der Waals surface area (Å²) in [7, 11) is 0. The van der Waals surface area contributed by atoms with Crippen molar-refractivity contribution in [2.24, 2.45) is 0 Å². The van der Waals surface area contributed by atoms with Crippen LogP contribution in [0.5, 0.6) is 0 Å². The Balaban J connectivity index is 0.00000289. The van der Waals surface area contributed by atoms with E-state index in [1.807, 2.05) is 10.9 Å².